The molecule has 2 aromatic carbocycles. The van der Waals surface area contributed by atoms with Crippen LogP contribution in [0.25, 0.3) is 0 Å². The Hall–Kier alpha value is -3.33. The zero-order chi connectivity index (χ0) is 19.4. The Kier molecular flexibility index (Phi) is 5.13. The lowest BCUT2D eigenvalue weighted by atomic mass is 10.1. The molecule has 0 bridgehead atoms. The van der Waals surface area contributed by atoms with Crippen LogP contribution in [-0.2, 0) is 10.0 Å². The van der Waals surface area contributed by atoms with E-state index in [1.54, 1.807) is 30.3 Å². The molecular weight excluding hydrogens is 371 g/mol. The molecule has 9 heteroatoms. The number of halogens is 1. The Morgan fingerprint density at radius 3 is 2.04 bits per heavy atom. The first-order chi connectivity index (χ1) is 12.8. The maximum Gasteiger partial charge on any atom is 0.263 e. The second-order valence-corrected chi connectivity index (χ2v) is 7.30. The predicted octanol–water partition coefficient (Wildman–Crippen LogP) is 3.36. The summed E-state index contributed by atoms with van der Waals surface area (Å²) >= 11 is 0. The van der Waals surface area contributed by atoms with Gasteiger partial charge in [-0.25, -0.2) is 12.8 Å². The SMILES string of the molecule is CC(=O)c1ccc(Nc2ccc(NS(=O)(=O)c3ccc(F)cc3)nn2)cc1. The fourth-order valence-corrected chi connectivity index (χ4v) is 3.20. The van der Waals surface area contributed by atoms with Gasteiger partial charge in [-0.1, -0.05) is 0 Å². The Morgan fingerprint density at radius 1 is 0.889 bits per heavy atom. The van der Waals surface area contributed by atoms with E-state index in [0.29, 0.717) is 17.1 Å². The molecule has 0 fully saturated rings. The number of ketones is 1. The van der Waals surface area contributed by atoms with Crippen LogP contribution in [0.1, 0.15) is 17.3 Å². The molecule has 2 N–H and O–H groups in total. The first-order valence-electron chi connectivity index (χ1n) is 7.84. The molecule has 0 atom stereocenters. The van der Waals surface area contributed by atoms with E-state index in [1.165, 1.54) is 13.0 Å². The number of rotatable bonds is 6. The maximum absolute atomic E-state index is 12.9. The second kappa shape index (κ2) is 7.50. The predicted molar refractivity (Wildman–Crippen MR) is 99.0 cm³/mol. The van der Waals surface area contributed by atoms with Gasteiger partial charge in [0, 0.05) is 11.3 Å². The zero-order valence-electron chi connectivity index (χ0n) is 14.2. The summed E-state index contributed by atoms with van der Waals surface area (Å²) in [6.45, 7) is 1.49. The van der Waals surface area contributed by atoms with Crippen molar-refractivity contribution < 1.29 is 17.6 Å². The molecular formula is C18H15FN4O3S. The number of carbonyl (C=O) groups is 1. The molecule has 27 heavy (non-hydrogen) atoms. The summed E-state index contributed by atoms with van der Waals surface area (Å²) < 4.78 is 39.7. The van der Waals surface area contributed by atoms with E-state index < -0.39 is 15.8 Å². The van der Waals surface area contributed by atoms with E-state index in [1.807, 2.05) is 0 Å². The molecule has 0 aliphatic rings. The van der Waals surface area contributed by atoms with Gasteiger partial charge in [0.05, 0.1) is 4.90 Å². The minimum Gasteiger partial charge on any atom is -0.339 e. The number of nitrogens with zero attached hydrogens (tertiary/aromatic N) is 2. The Labute approximate surface area is 155 Å². The number of hydrogen-bond acceptors (Lipinski definition) is 6. The molecule has 0 aliphatic carbocycles. The van der Waals surface area contributed by atoms with Crippen molar-refractivity contribution in [2.45, 2.75) is 11.8 Å². The minimum absolute atomic E-state index is 0.0248. The molecule has 0 saturated heterocycles. The van der Waals surface area contributed by atoms with Crippen LogP contribution in [0, 0.1) is 5.82 Å². The summed E-state index contributed by atoms with van der Waals surface area (Å²) in [5.74, 6) is -0.133. The monoisotopic (exact) mass is 386 g/mol. The van der Waals surface area contributed by atoms with Gasteiger partial charge in [0.15, 0.2) is 17.4 Å². The highest BCUT2D eigenvalue weighted by Gasteiger charge is 2.15. The molecule has 0 unspecified atom stereocenters. The summed E-state index contributed by atoms with van der Waals surface area (Å²) in [7, 11) is -3.89. The van der Waals surface area contributed by atoms with Gasteiger partial charge < -0.3 is 5.32 Å². The second-order valence-electron chi connectivity index (χ2n) is 5.62. The van der Waals surface area contributed by atoms with Gasteiger partial charge in [0.1, 0.15) is 5.82 Å². The molecule has 3 rings (SSSR count). The molecule has 3 aromatic rings. The number of hydrogen-bond donors (Lipinski definition) is 2. The third kappa shape index (κ3) is 4.64. The fourth-order valence-electron chi connectivity index (χ4n) is 2.20. The van der Waals surface area contributed by atoms with Crippen molar-refractivity contribution in [2.75, 3.05) is 10.0 Å². The van der Waals surface area contributed by atoms with E-state index >= 15 is 0 Å². The average Bonchev–Trinajstić information content (AvgIpc) is 2.64. The number of carbonyl (C=O) groups excluding carboxylic acids is 1. The number of nitrogens with one attached hydrogen (secondary N) is 2. The van der Waals surface area contributed by atoms with Crippen molar-refractivity contribution in [1.29, 1.82) is 0 Å². The molecule has 138 valence electrons. The summed E-state index contributed by atoms with van der Waals surface area (Å²) in [4.78, 5) is 11.2. The third-order valence-electron chi connectivity index (χ3n) is 3.59. The van der Waals surface area contributed by atoms with Crippen molar-refractivity contribution in [2.24, 2.45) is 0 Å². The standard InChI is InChI=1S/C18H15FN4O3S/c1-12(24)13-2-6-15(7-3-13)20-17-10-11-18(22-21-17)23-27(25,26)16-8-4-14(19)5-9-16/h2-11H,1H3,(H,20,21)(H,22,23). The van der Waals surface area contributed by atoms with Crippen molar-refractivity contribution in [3.8, 4) is 0 Å². The summed E-state index contributed by atoms with van der Waals surface area (Å²) in [5, 5.41) is 10.7. The van der Waals surface area contributed by atoms with Crippen LogP contribution in [-0.4, -0.2) is 24.4 Å². The number of benzene rings is 2. The molecule has 0 amide bonds. The van der Waals surface area contributed by atoms with Gasteiger partial charge in [0.25, 0.3) is 10.0 Å². The summed E-state index contributed by atoms with van der Waals surface area (Å²) in [5.41, 5.74) is 1.30. The lowest BCUT2D eigenvalue weighted by Crippen LogP contribution is -2.14. The summed E-state index contributed by atoms with van der Waals surface area (Å²) in [6, 6.07) is 14.3. The van der Waals surface area contributed by atoms with Gasteiger partial charge in [0.2, 0.25) is 0 Å². The lowest BCUT2D eigenvalue weighted by molar-refractivity contribution is 0.101. The van der Waals surface area contributed by atoms with Crippen LogP contribution < -0.4 is 10.0 Å². The van der Waals surface area contributed by atoms with Crippen molar-refractivity contribution in [1.82, 2.24) is 10.2 Å². The molecule has 0 radical (unpaired) electrons. The first-order valence-corrected chi connectivity index (χ1v) is 9.32. The third-order valence-corrected chi connectivity index (χ3v) is 4.96. The average molecular weight is 386 g/mol. The van der Waals surface area contributed by atoms with E-state index in [2.05, 4.69) is 20.2 Å². The van der Waals surface area contributed by atoms with Crippen LogP contribution in [0.2, 0.25) is 0 Å². The topological polar surface area (TPSA) is 101 Å². The van der Waals surface area contributed by atoms with Crippen LogP contribution >= 0.6 is 0 Å². The Bertz CT molecular complexity index is 1050. The highest BCUT2D eigenvalue weighted by molar-refractivity contribution is 7.92. The van der Waals surface area contributed by atoms with Crippen molar-refractivity contribution in [3.05, 3.63) is 72.0 Å². The van der Waals surface area contributed by atoms with Crippen LogP contribution in [0.4, 0.5) is 21.7 Å². The minimum atomic E-state index is -3.89. The van der Waals surface area contributed by atoms with E-state index in [9.17, 15) is 17.6 Å². The molecule has 0 saturated carbocycles. The maximum atomic E-state index is 12.9. The quantitative estimate of drug-likeness (QED) is 0.630. The number of anilines is 3. The highest BCUT2D eigenvalue weighted by Crippen LogP contribution is 2.18. The normalized spacial score (nSPS) is 11.0. The summed E-state index contributed by atoms with van der Waals surface area (Å²) in [6.07, 6.45) is 0. The van der Waals surface area contributed by atoms with E-state index in [-0.39, 0.29) is 16.5 Å². The highest BCUT2D eigenvalue weighted by atomic mass is 32.2. The van der Waals surface area contributed by atoms with Gasteiger partial charge in [-0.05, 0) is 67.6 Å². The molecule has 7 nitrogen and oxygen atoms in total. The molecule has 0 aliphatic heterocycles. The van der Waals surface area contributed by atoms with E-state index in [0.717, 1.165) is 24.3 Å². The Morgan fingerprint density at radius 2 is 1.48 bits per heavy atom. The molecule has 0 spiro atoms. The van der Waals surface area contributed by atoms with Gasteiger partial charge in [-0.2, -0.15) is 0 Å². The van der Waals surface area contributed by atoms with Crippen LogP contribution in [0.3, 0.4) is 0 Å². The van der Waals surface area contributed by atoms with Crippen molar-refractivity contribution in [3.63, 3.8) is 0 Å². The van der Waals surface area contributed by atoms with Crippen molar-refractivity contribution >= 4 is 33.1 Å². The van der Waals surface area contributed by atoms with Crippen LogP contribution in [0.5, 0.6) is 0 Å². The zero-order valence-corrected chi connectivity index (χ0v) is 15.0. The molecule has 1 heterocycles. The number of aromatic nitrogens is 2. The Balaban J connectivity index is 1.69. The lowest BCUT2D eigenvalue weighted by Gasteiger charge is -2.08. The van der Waals surface area contributed by atoms with Gasteiger partial charge in [-0.15, -0.1) is 10.2 Å². The van der Waals surface area contributed by atoms with E-state index in [4.69, 9.17) is 0 Å². The largest absolute Gasteiger partial charge is 0.339 e. The number of Topliss-reactive ketones (excluding diaryl/α,β-unsaturated/α-hetero) is 1. The smallest absolute Gasteiger partial charge is 0.263 e. The van der Waals surface area contributed by atoms with Gasteiger partial charge >= 0.3 is 0 Å². The number of sulfonamides is 1. The first kappa shape index (κ1) is 18.5. The van der Waals surface area contributed by atoms with Crippen LogP contribution in [0.15, 0.2) is 65.6 Å². The molecule has 1 aromatic heterocycles. The fraction of sp³-hybridized carbons (Fsp3) is 0.0556. The van der Waals surface area contributed by atoms with Gasteiger partial charge in [-0.3, -0.25) is 9.52 Å².